The number of ether oxygens (including phenoxy) is 1. The third-order valence-electron chi connectivity index (χ3n) is 3.77. The van der Waals surface area contributed by atoms with E-state index < -0.39 is 0 Å². The Kier molecular flexibility index (Phi) is 8.60. The topological polar surface area (TPSA) is 41.6 Å². The van der Waals surface area contributed by atoms with E-state index in [1.165, 1.54) is 0 Å². The Bertz CT molecular complexity index is 456. The lowest BCUT2D eigenvalue weighted by Gasteiger charge is -2.18. The van der Waals surface area contributed by atoms with Gasteiger partial charge < -0.3 is 15.0 Å². The first kappa shape index (κ1) is 18.5. The van der Waals surface area contributed by atoms with Gasteiger partial charge in [0.25, 0.3) is 5.91 Å². The van der Waals surface area contributed by atoms with Gasteiger partial charge in [0.2, 0.25) is 0 Å². The molecule has 22 heavy (non-hydrogen) atoms. The average Bonchev–Trinajstić information content (AvgIpc) is 2.56. The van der Waals surface area contributed by atoms with Crippen LogP contribution < -0.4 is 10.1 Å². The number of likely N-dealkylation sites (N-methyl/N-ethyl adjacent to an activating group) is 1. The second-order valence-corrected chi connectivity index (χ2v) is 5.31. The standard InChI is InChI=1S/C18H30N2O2/c1-5-13-22-17-10-9-16(14-15(17)6-2)18(21)19-11-12-20(7-3)8-4/h9-10,14H,5-8,11-13H2,1-4H3,(H,19,21). The summed E-state index contributed by atoms with van der Waals surface area (Å²) >= 11 is 0. The summed E-state index contributed by atoms with van der Waals surface area (Å²) in [4.78, 5) is 14.5. The summed E-state index contributed by atoms with van der Waals surface area (Å²) in [5, 5.41) is 2.99. The van der Waals surface area contributed by atoms with Gasteiger partial charge in [-0.05, 0) is 49.7 Å². The molecule has 0 aliphatic rings. The van der Waals surface area contributed by atoms with Gasteiger partial charge in [-0.15, -0.1) is 0 Å². The van der Waals surface area contributed by atoms with Gasteiger partial charge in [0.05, 0.1) is 6.61 Å². The molecule has 0 unspecified atom stereocenters. The number of hydrogen-bond donors (Lipinski definition) is 1. The minimum atomic E-state index is -0.0103. The first-order valence-corrected chi connectivity index (χ1v) is 8.42. The largest absolute Gasteiger partial charge is 0.493 e. The van der Waals surface area contributed by atoms with Crippen LogP contribution in [0, 0.1) is 0 Å². The molecule has 0 heterocycles. The molecular weight excluding hydrogens is 276 g/mol. The van der Waals surface area contributed by atoms with Crippen molar-refractivity contribution >= 4 is 5.91 Å². The maximum atomic E-state index is 12.2. The highest BCUT2D eigenvalue weighted by Gasteiger charge is 2.10. The Balaban J connectivity index is 2.61. The molecule has 1 amide bonds. The minimum absolute atomic E-state index is 0.0103. The van der Waals surface area contributed by atoms with Crippen LogP contribution in [0.1, 0.15) is 50.0 Å². The third-order valence-corrected chi connectivity index (χ3v) is 3.77. The molecule has 0 radical (unpaired) electrons. The van der Waals surface area contributed by atoms with Crippen LogP contribution in [0.15, 0.2) is 18.2 Å². The molecule has 0 saturated carbocycles. The number of aryl methyl sites for hydroxylation is 1. The fourth-order valence-electron chi connectivity index (χ4n) is 2.32. The Morgan fingerprint density at radius 2 is 1.91 bits per heavy atom. The van der Waals surface area contributed by atoms with E-state index in [0.717, 1.165) is 43.8 Å². The van der Waals surface area contributed by atoms with E-state index in [2.05, 4.69) is 37.9 Å². The molecule has 0 bridgehead atoms. The molecule has 0 spiro atoms. The van der Waals surface area contributed by atoms with Crippen molar-refractivity contribution in [3.8, 4) is 5.75 Å². The molecule has 0 aromatic heterocycles. The summed E-state index contributed by atoms with van der Waals surface area (Å²) in [6.45, 7) is 12.7. The molecule has 0 saturated heterocycles. The molecule has 1 N–H and O–H groups in total. The van der Waals surface area contributed by atoms with Crippen LogP contribution in [0.5, 0.6) is 5.75 Å². The second kappa shape index (κ2) is 10.2. The van der Waals surface area contributed by atoms with Gasteiger partial charge >= 0.3 is 0 Å². The highest BCUT2D eigenvalue weighted by atomic mass is 16.5. The van der Waals surface area contributed by atoms with E-state index in [0.29, 0.717) is 18.7 Å². The normalized spacial score (nSPS) is 10.8. The van der Waals surface area contributed by atoms with Crippen molar-refractivity contribution in [2.75, 3.05) is 32.8 Å². The Hall–Kier alpha value is -1.55. The summed E-state index contributed by atoms with van der Waals surface area (Å²) in [5.41, 5.74) is 1.80. The number of hydrogen-bond acceptors (Lipinski definition) is 3. The van der Waals surface area contributed by atoms with Crippen LogP contribution in [0.2, 0.25) is 0 Å². The van der Waals surface area contributed by atoms with Gasteiger partial charge in [0, 0.05) is 18.7 Å². The predicted octanol–water partition coefficient (Wildman–Crippen LogP) is 3.11. The fraction of sp³-hybridized carbons (Fsp3) is 0.611. The summed E-state index contributed by atoms with van der Waals surface area (Å²) in [6, 6.07) is 5.70. The lowest BCUT2D eigenvalue weighted by Crippen LogP contribution is -2.34. The molecule has 4 heteroatoms. The van der Waals surface area contributed by atoms with Gasteiger partial charge in [0.1, 0.15) is 5.75 Å². The molecule has 1 rings (SSSR count). The molecule has 1 aromatic carbocycles. The smallest absolute Gasteiger partial charge is 0.251 e. The van der Waals surface area contributed by atoms with Gasteiger partial charge in [-0.3, -0.25) is 4.79 Å². The van der Waals surface area contributed by atoms with Crippen LogP contribution >= 0.6 is 0 Å². The van der Waals surface area contributed by atoms with Gasteiger partial charge in [0.15, 0.2) is 0 Å². The van der Waals surface area contributed by atoms with Crippen molar-refractivity contribution in [2.24, 2.45) is 0 Å². The van der Waals surface area contributed by atoms with Crippen molar-refractivity contribution in [3.63, 3.8) is 0 Å². The Morgan fingerprint density at radius 1 is 1.18 bits per heavy atom. The average molecular weight is 306 g/mol. The van der Waals surface area contributed by atoms with Gasteiger partial charge in [-0.25, -0.2) is 0 Å². The summed E-state index contributed by atoms with van der Waals surface area (Å²) in [6.07, 6.45) is 1.84. The van der Waals surface area contributed by atoms with Gasteiger partial charge in [-0.1, -0.05) is 27.7 Å². The zero-order chi connectivity index (χ0) is 16.4. The predicted molar refractivity (Wildman–Crippen MR) is 91.7 cm³/mol. The van der Waals surface area contributed by atoms with Crippen LogP contribution in [0.4, 0.5) is 0 Å². The van der Waals surface area contributed by atoms with E-state index in [1.54, 1.807) is 0 Å². The van der Waals surface area contributed by atoms with Crippen molar-refractivity contribution in [1.29, 1.82) is 0 Å². The maximum Gasteiger partial charge on any atom is 0.251 e. The molecule has 4 nitrogen and oxygen atoms in total. The van der Waals surface area contributed by atoms with E-state index in [4.69, 9.17) is 4.74 Å². The summed E-state index contributed by atoms with van der Waals surface area (Å²) < 4.78 is 5.72. The highest BCUT2D eigenvalue weighted by molar-refractivity contribution is 5.94. The number of amides is 1. The zero-order valence-electron chi connectivity index (χ0n) is 14.4. The van der Waals surface area contributed by atoms with Crippen LogP contribution in [0.3, 0.4) is 0 Å². The van der Waals surface area contributed by atoms with E-state index in [-0.39, 0.29) is 5.91 Å². The van der Waals surface area contributed by atoms with E-state index in [1.807, 2.05) is 18.2 Å². The lowest BCUT2D eigenvalue weighted by atomic mass is 10.1. The lowest BCUT2D eigenvalue weighted by molar-refractivity contribution is 0.0949. The van der Waals surface area contributed by atoms with Crippen molar-refractivity contribution in [3.05, 3.63) is 29.3 Å². The van der Waals surface area contributed by atoms with E-state index >= 15 is 0 Å². The molecule has 0 aliphatic heterocycles. The number of carbonyl (C=O) groups is 1. The van der Waals surface area contributed by atoms with Crippen LogP contribution in [-0.4, -0.2) is 43.6 Å². The Morgan fingerprint density at radius 3 is 2.50 bits per heavy atom. The number of carbonyl (C=O) groups excluding carboxylic acids is 1. The van der Waals surface area contributed by atoms with E-state index in [9.17, 15) is 4.79 Å². The summed E-state index contributed by atoms with van der Waals surface area (Å²) in [5.74, 6) is 0.882. The van der Waals surface area contributed by atoms with Gasteiger partial charge in [-0.2, -0.15) is 0 Å². The minimum Gasteiger partial charge on any atom is -0.493 e. The number of nitrogens with one attached hydrogen (secondary N) is 1. The van der Waals surface area contributed by atoms with Crippen LogP contribution in [-0.2, 0) is 6.42 Å². The quantitative estimate of drug-likeness (QED) is 0.722. The highest BCUT2D eigenvalue weighted by Crippen LogP contribution is 2.21. The first-order valence-electron chi connectivity index (χ1n) is 8.42. The molecule has 124 valence electrons. The molecular formula is C18H30N2O2. The second-order valence-electron chi connectivity index (χ2n) is 5.31. The van der Waals surface area contributed by atoms with Crippen LogP contribution in [0.25, 0.3) is 0 Å². The fourth-order valence-corrected chi connectivity index (χ4v) is 2.32. The van der Waals surface area contributed by atoms with Crippen molar-refractivity contribution in [1.82, 2.24) is 10.2 Å². The Labute approximate surface area is 134 Å². The number of benzene rings is 1. The van der Waals surface area contributed by atoms with Crippen molar-refractivity contribution < 1.29 is 9.53 Å². The zero-order valence-corrected chi connectivity index (χ0v) is 14.4. The number of nitrogens with zero attached hydrogens (tertiary/aromatic N) is 1. The first-order chi connectivity index (χ1) is 10.7. The molecule has 0 aliphatic carbocycles. The number of rotatable bonds is 10. The van der Waals surface area contributed by atoms with Crippen molar-refractivity contribution in [2.45, 2.75) is 40.5 Å². The monoisotopic (exact) mass is 306 g/mol. The molecule has 1 aromatic rings. The molecule has 0 fully saturated rings. The maximum absolute atomic E-state index is 12.2. The summed E-state index contributed by atoms with van der Waals surface area (Å²) in [7, 11) is 0. The third kappa shape index (κ3) is 5.68. The SMILES string of the molecule is CCCOc1ccc(C(=O)NCCN(CC)CC)cc1CC. The molecule has 0 atom stereocenters.